The lowest BCUT2D eigenvalue weighted by Crippen LogP contribution is -2.39. The van der Waals surface area contributed by atoms with E-state index in [4.69, 9.17) is 0 Å². The van der Waals surface area contributed by atoms with Crippen LogP contribution >= 0.6 is 0 Å². The van der Waals surface area contributed by atoms with Gasteiger partial charge < -0.3 is 10.2 Å². The molecule has 122 valence electrons. The Labute approximate surface area is 137 Å². The molecule has 0 saturated heterocycles. The lowest BCUT2D eigenvalue weighted by Gasteiger charge is -2.27. The van der Waals surface area contributed by atoms with Crippen LogP contribution in [-0.2, 0) is 9.59 Å². The molecule has 0 heterocycles. The second kappa shape index (κ2) is 6.99. The summed E-state index contributed by atoms with van der Waals surface area (Å²) < 4.78 is 0. The van der Waals surface area contributed by atoms with Crippen LogP contribution in [0.25, 0.3) is 6.08 Å². The highest BCUT2D eigenvalue weighted by Crippen LogP contribution is 2.34. The van der Waals surface area contributed by atoms with E-state index in [2.05, 4.69) is 10.2 Å². The molecule has 2 aliphatic carbocycles. The average molecular weight is 312 g/mol. The summed E-state index contributed by atoms with van der Waals surface area (Å²) in [5.41, 5.74) is 1.74. The Morgan fingerprint density at radius 1 is 1.04 bits per heavy atom. The van der Waals surface area contributed by atoms with Crippen LogP contribution < -0.4 is 5.32 Å². The minimum Gasteiger partial charge on any atom is -0.333 e. The van der Waals surface area contributed by atoms with Gasteiger partial charge >= 0.3 is 0 Å². The lowest BCUT2D eigenvalue weighted by atomic mass is 10.1. The van der Waals surface area contributed by atoms with Crippen LogP contribution in [0.1, 0.15) is 51.0 Å². The molecular weight excluding hydrogens is 288 g/mol. The molecule has 23 heavy (non-hydrogen) atoms. The average Bonchev–Trinajstić information content (AvgIpc) is 3.20. The summed E-state index contributed by atoms with van der Waals surface area (Å²) in [5.74, 6) is 0.0606. The fourth-order valence-corrected chi connectivity index (χ4v) is 3.33. The maximum Gasteiger partial charge on any atom is 0.247 e. The molecule has 0 spiro atoms. The first-order valence-corrected chi connectivity index (χ1v) is 8.51. The standard InChI is InChI=1S/C19H24N2O2/c1-14(22)20-16-9-6-15(7-10-16)8-13-19(23)21(18-11-12-18)17-4-2-3-5-17/h6-10,13,17-18H,2-5,11-12H2,1H3,(H,20,22)/b13-8+. The fraction of sp³-hybridized carbons (Fsp3) is 0.474. The number of benzene rings is 1. The van der Waals surface area contributed by atoms with E-state index in [1.807, 2.05) is 30.3 Å². The van der Waals surface area contributed by atoms with E-state index in [-0.39, 0.29) is 11.8 Å². The van der Waals surface area contributed by atoms with E-state index in [0.717, 1.165) is 36.9 Å². The number of carbonyl (C=O) groups excluding carboxylic acids is 2. The van der Waals surface area contributed by atoms with Crippen molar-refractivity contribution in [2.75, 3.05) is 5.32 Å². The molecule has 0 radical (unpaired) electrons. The zero-order valence-corrected chi connectivity index (χ0v) is 13.6. The Morgan fingerprint density at radius 2 is 1.65 bits per heavy atom. The van der Waals surface area contributed by atoms with Crippen LogP contribution in [0, 0.1) is 0 Å². The summed E-state index contributed by atoms with van der Waals surface area (Å²) in [5, 5.41) is 2.74. The third-order valence-electron chi connectivity index (χ3n) is 4.56. The van der Waals surface area contributed by atoms with E-state index in [9.17, 15) is 9.59 Å². The molecule has 3 rings (SSSR count). The van der Waals surface area contributed by atoms with E-state index in [1.54, 1.807) is 6.08 Å². The number of rotatable bonds is 5. The summed E-state index contributed by atoms with van der Waals surface area (Å²) >= 11 is 0. The van der Waals surface area contributed by atoms with Gasteiger partial charge in [0, 0.05) is 30.8 Å². The molecule has 4 nitrogen and oxygen atoms in total. The van der Waals surface area contributed by atoms with Gasteiger partial charge in [-0.15, -0.1) is 0 Å². The van der Waals surface area contributed by atoms with Crippen molar-refractivity contribution in [3.05, 3.63) is 35.9 Å². The molecule has 0 bridgehead atoms. The van der Waals surface area contributed by atoms with Gasteiger partial charge in [0.25, 0.3) is 0 Å². The molecule has 0 unspecified atom stereocenters. The van der Waals surface area contributed by atoms with E-state index in [0.29, 0.717) is 12.1 Å². The first kappa shape index (κ1) is 15.8. The van der Waals surface area contributed by atoms with Crippen LogP contribution in [0.4, 0.5) is 5.69 Å². The van der Waals surface area contributed by atoms with Gasteiger partial charge in [-0.2, -0.15) is 0 Å². The zero-order valence-electron chi connectivity index (χ0n) is 13.6. The van der Waals surface area contributed by atoms with Crippen molar-refractivity contribution in [2.45, 2.75) is 57.5 Å². The van der Waals surface area contributed by atoms with Gasteiger partial charge in [-0.05, 0) is 49.5 Å². The minimum absolute atomic E-state index is 0.0832. The Hall–Kier alpha value is -2.10. The molecule has 0 atom stereocenters. The van der Waals surface area contributed by atoms with E-state index < -0.39 is 0 Å². The molecule has 2 saturated carbocycles. The Morgan fingerprint density at radius 3 is 2.22 bits per heavy atom. The molecular formula is C19H24N2O2. The van der Waals surface area contributed by atoms with Gasteiger partial charge in [-0.25, -0.2) is 0 Å². The monoisotopic (exact) mass is 312 g/mol. The normalized spacial score (nSPS) is 18.3. The molecule has 2 amide bonds. The predicted octanol–water partition coefficient (Wildman–Crippen LogP) is 3.59. The van der Waals surface area contributed by atoms with Crippen LogP contribution in [-0.4, -0.2) is 28.8 Å². The minimum atomic E-state index is -0.0832. The van der Waals surface area contributed by atoms with Gasteiger partial charge in [-0.3, -0.25) is 9.59 Å². The predicted molar refractivity (Wildman–Crippen MR) is 91.9 cm³/mol. The second-order valence-corrected chi connectivity index (χ2v) is 6.55. The summed E-state index contributed by atoms with van der Waals surface area (Å²) in [4.78, 5) is 25.7. The Kier molecular flexibility index (Phi) is 4.79. The largest absolute Gasteiger partial charge is 0.333 e. The van der Waals surface area contributed by atoms with Crippen molar-refractivity contribution >= 4 is 23.6 Å². The summed E-state index contributed by atoms with van der Waals surface area (Å²) in [6.45, 7) is 1.49. The molecule has 2 fully saturated rings. The number of hydrogen-bond donors (Lipinski definition) is 1. The number of hydrogen-bond acceptors (Lipinski definition) is 2. The molecule has 2 aliphatic rings. The third kappa shape index (κ3) is 4.21. The molecule has 0 aromatic heterocycles. The number of amides is 2. The first-order chi connectivity index (χ1) is 11.1. The quantitative estimate of drug-likeness (QED) is 0.845. The highest BCUT2D eigenvalue weighted by atomic mass is 16.2. The van der Waals surface area contributed by atoms with Gasteiger partial charge in [0.1, 0.15) is 0 Å². The molecule has 1 aromatic carbocycles. The van der Waals surface area contributed by atoms with Crippen molar-refractivity contribution in [3.63, 3.8) is 0 Å². The van der Waals surface area contributed by atoms with Crippen molar-refractivity contribution in [1.29, 1.82) is 0 Å². The van der Waals surface area contributed by atoms with Crippen LogP contribution in [0.2, 0.25) is 0 Å². The van der Waals surface area contributed by atoms with Crippen molar-refractivity contribution in [1.82, 2.24) is 4.90 Å². The van der Waals surface area contributed by atoms with Gasteiger partial charge in [0.15, 0.2) is 0 Å². The maximum absolute atomic E-state index is 12.6. The molecule has 1 aromatic rings. The topological polar surface area (TPSA) is 49.4 Å². The first-order valence-electron chi connectivity index (χ1n) is 8.51. The lowest BCUT2D eigenvalue weighted by molar-refractivity contribution is -0.128. The van der Waals surface area contributed by atoms with Crippen molar-refractivity contribution in [2.24, 2.45) is 0 Å². The SMILES string of the molecule is CC(=O)Nc1ccc(/C=C/C(=O)N(C2CCCC2)C2CC2)cc1. The number of nitrogens with one attached hydrogen (secondary N) is 1. The van der Waals surface area contributed by atoms with Crippen molar-refractivity contribution in [3.8, 4) is 0 Å². The van der Waals surface area contributed by atoms with Crippen LogP contribution in [0.5, 0.6) is 0 Å². The van der Waals surface area contributed by atoms with Crippen LogP contribution in [0.3, 0.4) is 0 Å². The zero-order chi connectivity index (χ0) is 16.2. The highest BCUT2D eigenvalue weighted by molar-refractivity contribution is 5.93. The third-order valence-corrected chi connectivity index (χ3v) is 4.56. The van der Waals surface area contributed by atoms with Gasteiger partial charge in [0.05, 0.1) is 0 Å². The van der Waals surface area contributed by atoms with E-state index >= 15 is 0 Å². The smallest absolute Gasteiger partial charge is 0.247 e. The van der Waals surface area contributed by atoms with Gasteiger partial charge in [0.2, 0.25) is 11.8 Å². The Balaban J connectivity index is 1.63. The second-order valence-electron chi connectivity index (χ2n) is 6.55. The van der Waals surface area contributed by atoms with Gasteiger partial charge in [-0.1, -0.05) is 25.0 Å². The van der Waals surface area contributed by atoms with Crippen LogP contribution in [0.15, 0.2) is 30.3 Å². The fourth-order valence-electron chi connectivity index (χ4n) is 3.33. The molecule has 1 N–H and O–H groups in total. The highest BCUT2D eigenvalue weighted by Gasteiger charge is 2.37. The number of anilines is 1. The van der Waals surface area contributed by atoms with E-state index in [1.165, 1.54) is 19.8 Å². The molecule has 4 heteroatoms. The van der Waals surface area contributed by atoms with Crippen molar-refractivity contribution < 1.29 is 9.59 Å². The summed E-state index contributed by atoms with van der Waals surface area (Å²) in [6.07, 6.45) is 10.7. The number of carbonyl (C=O) groups is 2. The Bertz CT molecular complexity index is 596. The summed E-state index contributed by atoms with van der Waals surface area (Å²) in [7, 11) is 0. The summed E-state index contributed by atoms with van der Waals surface area (Å²) in [6, 6.07) is 8.43. The maximum atomic E-state index is 12.6. The number of nitrogens with zero attached hydrogens (tertiary/aromatic N) is 1. The molecule has 0 aliphatic heterocycles.